The smallest absolute Gasteiger partial charge is 0.410 e. The molecule has 0 saturated carbocycles. The zero-order valence-corrected chi connectivity index (χ0v) is 12.5. The molecule has 0 aliphatic carbocycles. The van der Waals surface area contributed by atoms with Crippen molar-refractivity contribution in [2.75, 3.05) is 19.7 Å². The van der Waals surface area contributed by atoms with Crippen molar-refractivity contribution in [2.45, 2.75) is 59.5 Å². The highest BCUT2D eigenvalue weighted by Crippen LogP contribution is 2.21. The van der Waals surface area contributed by atoms with Crippen LogP contribution in [-0.4, -0.2) is 41.4 Å². The Morgan fingerprint density at radius 3 is 2.17 bits per heavy atom. The maximum Gasteiger partial charge on any atom is 0.410 e. The number of piperidine rings is 1. The minimum atomic E-state index is -0.418. The molecule has 4 nitrogen and oxygen atoms in total. The Morgan fingerprint density at radius 2 is 1.78 bits per heavy atom. The second kappa shape index (κ2) is 8.35. The lowest BCUT2D eigenvalue weighted by molar-refractivity contribution is 0.0176. The second-order valence-corrected chi connectivity index (χ2v) is 5.42. The minimum absolute atomic E-state index is 0.213. The Balaban J connectivity index is 0.00000137. The molecule has 4 heteroatoms. The molecule has 0 aromatic heterocycles. The van der Waals surface area contributed by atoms with Crippen LogP contribution in [0.4, 0.5) is 4.79 Å². The fraction of sp³-hybridized carbons (Fsp3) is 0.929. The van der Waals surface area contributed by atoms with E-state index in [0.717, 1.165) is 32.4 Å². The summed E-state index contributed by atoms with van der Waals surface area (Å²) in [5.74, 6) is 0.559. The maximum absolute atomic E-state index is 11.7. The minimum Gasteiger partial charge on any atom is -0.444 e. The predicted octanol–water partition coefficient (Wildman–Crippen LogP) is 3.04. The van der Waals surface area contributed by atoms with Crippen molar-refractivity contribution in [1.82, 2.24) is 4.90 Å². The lowest BCUT2D eigenvalue weighted by Gasteiger charge is -2.33. The average molecular weight is 259 g/mol. The highest BCUT2D eigenvalue weighted by atomic mass is 16.6. The second-order valence-electron chi connectivity index (χ2n) is 5.42. The zero-order chi connectivity index (χ0) is 14.2. The van der Waals surface area contributed by atoms with Crippen LogP contribution in [0.25, 0.3) is 0 Å². The molecule has 0 spiro atoms. The lowest BCUT2D eigenvalue weighted by atomic mass is 9.94. The van der Waals surface area contributed by atoms with Crippen molar-refractivity contribution in [2.24, 2.45) is 5.92 Å². The molecule has 0 aromatic rings. The van der Waals surface area contributed by atoms with Gasteiger partial charge in [0.15, 0.2) is 0 Å². The molecule has 1 amide bonds. The number of aliphatic hydroxyl groups excluding tert-OH is 1. The number of aliphatic hydroxyl groups is 1. The van der Waals surface area contributed by atoms with E-state index in [1.54, 1.807) is 4.90 Å². The highest BCUT2D eigenvalue weighted by Gasteiger charge is 2.26. The van der Waals surface area contributed by atoms with Gasteiger partial charge in [0.05, 0.1) is 0 Å². The van der Waals surface area contributed by atoms with Crippen molar-refractivity contribution in [1.29, 1.82) is 0 Å². The van der Waals surface area contributed by atoms with E-state index in [-0.39, 0.29) is 12.7 Å². The van der Waals surface area contributed by atoms with Crippen LogP contribution in [0.1, 0.15) is 53.9 Å². The summed E-state index contributed by atoms with van der Waals surface area (Å²) in [6.45, 7) is 11.4. The third-order valence-electron chi connectivity index (χ3n) is 2.80. The molecule has 0 aromatic carbocycles. The molecule has 1 heterocycles. The first-order valence-electron chi connectivity index (χ1n) is 7.01. The molecular formula is C14H29NO3. The summed E-state index contributed by atoms with van der Waals surface area (Å²) in [6, 6.07) is 0. The largest absolute Gasteiger partial charge is 0.444 e. The van der Waals surface area contributed by atoms with E-state index in [1.807, 2.05) is 34.6 Å². The summed E-state index contributed by atoms with van der Waals surface area (Å²) >= 11 is 0. The van der Waals surface area contributed by atoms with E-state index < -0.39 is 5.60 Å². The fourth-order valence-electron chi connectivity index (χ4n) is 1.91. The molecule has 0 unspecified atom stereocenters. The van der Waals surface area contributed by atoms with Crippen LogP contribution >= 0.6 is 0 Å². The van der Waals surface area contributed by atoms with Gasteiger partial charge in [0.25, 0.3) is 0 Å². The van der Waals surface area contributed by atoms with E-state index in [1.165, 1.54) is 0 Å². The number of likely N-dealkylation sites (tertiary alicyclic amines) is 1. The van der Waals surface area contributed by atoms with Crippen LogP contribution in [0.2, 0.25) is 0 Å². The van der Waals surface area contributed by atoms with Gasteiger partial charge in [-0.3, -0.25) is 0 Å². The molecule has 1 saturated heterocycles. The Hall–Kier alpha value is -0.770. The lowest BCUT2D eigenvalue weighted by Crippen LogP contribution is -2.41. The van der Waals surface area contributed by atoms with Crippen molar-refractivity contribution in [3.63, 3.8) is 0 Å². The van der Waals surface area contributed by atoms with E-state index in [4.69, 9.17) is 9.84 Å². The van der Waals surface area contributed by atoms with Gasteiger partial charge in [0.1, 0.15) is 5.60 Å². The van der Waals surface area contributed by atoms with E-state index >= 15 is 0 Å². The molecule has 1 fully saturated rings. The quantitative estimate of drug-likeness (QED) is 0.829. The molecule has 18 heavy (non-hydrogen) atoms. The number of rotatable bonds is 2. The third kappa shape index (κ3) is 6.84. The molecule has 1 N–H and O–H groups in total. The Bertz CT molecular complexity index is 228. The van der Waals surface area contributed by atoms with Gasteiger partial charge in [-0.15, -0.1) is 0 Å². The molecule has 1 aliphatic rings. The summed E-state index contributed by atoms with van der Waals surface area (Å²) in [6.07, 6.45) is 2.58. The number of nitrogens with zero attached hydrogens (tertiary/aromatic N) is 1. The summed E-state index contributed by atoms with van der Waals surface area (Å²) in [4.78, 5) is 13.5. The van der Waals surface area contributed by atoms with Crippen molar-refractivity contribution >= 4 is 6.09 Å². The summed E-state index contributed by atoms with van der Waals surface area (Å²) in [5.41, 5.74) is -0.418. The monoisotopic (exact) mass is 259 g/mol. The Morgan fingerprint density at radius 1 is 1.28 bits per heavy atom. The molecule has 0 radical (unpaired) electrons. The van der Waals surface area contributed by atoms with E-state index in [2.05, 4.69) is 0 Å². The van der Waals surface area contributed by atoms with Crippen LogP contribution in [0.3, 0.4) is 0 Å². The summed E-state index contributed by atoms with van der Waals surface area (Å²) < 4.78 is 5.31. The molecule has 0 atom stereocenters. The predicted molar refractivity (Wildman–Crippen MR) is 73.6 cm³/mol. The van der Waals surface area contributed by atoms with Gasteiger partial charge in [-0.1, -0.05) is 13.8 Å². The number of carbonyl (C=O) groups is 1. The SMILES string of the molecule is CC.CC(C)(C)OC(=O)N1CCC(CCO)CC1. The van der Waals surface area contributed by atoms with Gasteiger partial charge >= 0.3 is 6.09 Å². The van der Waals surface area contributed by atoms with Crippen LogP contribution in [-0.2, 0) is 4.74 Å². The van der Waals surface area contributed by atoms with Crippen LogP contribution in [0.5, 0.6) is 0 Å². The van der Waals surface area contributed by atoms with E-state index in [9.17, 15) is 4.79 Å². The summed E-state index contributed by atoms with van der Waals surface area (Å²) in [7, 11) is 0. The first-order valence-corrected chi connectivity index (χ1v) is 7.01. The van der Waals surface area contributed by atoms with Crippen LogP contribution in [0, 0.1) is 5.92 Å². The standard InChI is InChI=1S/C12H23NO3.C2H6/c1-12(2,3)16-11(15)13-7-4-10(5-8-13)6-9-14;1-2/h10,14H,4-9H2,1-3H3;1-2H3. The van der Waals surface area contributed by atoms with Gasteiger partial charge in [-0.2, -0.15) is 0 Å². The van der Waals surface area contributed by atoms with Gasteiger partial charge < -0.3 is 14.7 Å². The average Bonchev–Trinajstić information content (AvgIpc) is 2.31. The number of hydrogen-bond donors (Lipinski definition) is 1. The number of hydrogen-bond acceptors (Lipinski definition) is 3. The van der Waals surface area contributed by atoms with Crippen LogP contribution in [0.15, 0.2) is 0 Å². The molecular weight excluding hydrogens is 230 g/mol. The Kier molecular flexibility index (Phi) is 8.00. The van der Waals surface area contributed by atoms with Gasteiger partial charge in [0.2, 0.25) is 0 Å². The molecule has 108 valence electrons. The zero-order valence-electron chi connectivity index (χ0n) is 12.5. The fourth-order valence-corrected chi connectivity index (χ4v) is 1.91. The molecule has 1 aliphatic heterocycles. The van der Waals surface area contributed by atoms with Gasteiger partial charge in [-0.05, 0) is 46.0 Å². The maximum atomic E-state index is 11.7. The van der Waals surface area contributed by atoms with Gasteiger partial charge in [0, 0.05) is 19.7 Å². The van der Waals surface area contributed by atoms with Crippen molar-refractivity contribution < 1.29 is 14.6 Å². The van der Waals surface area contributed by atoms with Crippen molar-refractivity contribution in [3.8, 4) is 0 Å². The molecule has 0 bridgehead atoms. The highest BCUT2D eigenvalue weighted by molar-refractivity contribution is 5.68. The number of amides is 1. The number of ether oxygens (including phenoxy) is 1. The van der Waals surface area contributed by atoms with Crippen LogP contribution < -0.4 is 0 Å². The van der Waals surface area contributed by atoms with Crippen molar-refractivity contribution in [3.05, 3.63) is 0 Å². The summed E-state index contributed by atoms with van der Waals surface area (Å²) in [5, 5.41) is 8.84. The topological polar surface area (TPSA) is 49.8 Å². The first kappa shape index (κ1) is 17.2. The number of carbonyl (C=O) groups excluding carboxylic acids is 1. The van der Waals surface area contributed by atoms with Gasteiger partial charge in [-0.25, -0.2) is 4.79 Å². The Labute approximate surface area is 111 Å². The first-order chi connectivity index (χ1) is 8.42. The molecule has 1 rings (SSSR count). The van der Waals surface area contributed by atoms with E-state index in [0.29, 0.717) is 5.92 Å². The third-order valence-corrected chi connectivity index (χ3v) is 2.80. The normalized spacial score (nSPS) is 16.9.